The van der Waals surface area contributed by atoms with Gasteiger partial charge in [-0.15, -0.1) is 0 Å². The smallest absolute Gasteiger partial charge is 0.126 e. The second kappa shape index (κ2) is 7.99. The molecule has 0 N–H and O–H groups in total. The zero-order valence-corrected chi connectivity index (χ0v) is 13.8. The molecule has 0 radical (unpaired) electrons. The van der Waals surface area contributed by atoms with Gasteiger partial charge in [0.25, 0.3) is 0 Å². The van der Waals surface area contributed by atoms with Crippen LogP contribution >= 0.6 is 8.58 Å². The van der Waals surface area contributed by atoms with Crippen molar-refractivity contribution in [2.45, 2.75) is 6.92 Å². The lowest BCUT2D eigenvalue weighted by Gasteiger charge is -2.14. The standard InChI is InChI=1S/C20H19OP.BH3/c1-15-9-3-7-13-19(15)22-20-14-8-5-11-17(20)16-10-4-6-12-18(16)21-2;/h3-14,22H,1-2H3;1H3. The highest BCUT2D eigenvalue weighted by atomic mass is 31.1. The quantitative estimate of drug-likeness (QED) is 0.530. The van der Waals surface area contributed by atoms with Gasteiger partial charge in [0.1, 0.15) is 5.75 Å². The molecule has 0 amide bonds. The van der Waals surface area contributed by atoms with Crippen LogP contribution in [0.1, 0.15) is 5.56 Å². The average molecular weight is 320 g/mol. The second-order valence-corrected chi connectivity index (χ2v) is 6.51. The van der Waals surface area contributed by atoms with Crippen LogP contribution in [0.3, 0.4) is 0 Å². The van der Waals surface area contributed by atoms with Crippen LogP contribution in [-0.2, 0) is 0 Å². The first-order valence-corrected chi connectivity index (χ1v) is 8.34. The Kier molecular flexibility index (Phi) is 6.01. The van der Waals surface area contributed by atoms with Gasteiger partial charge in [0, 0.05) is 5.56 Å². The Labute approximate surface area is 142 Å². The van der Waals surface area contributed by atoms with Gasteiger partial charge in [-0.25, -0.2) is 0 Å². The van der Waals surface area contributed by atoms with Crippen molar-refractivity contribution in [3.05, 3.63) is 78.4 Å². The van der Waals surface area contributed by atoms with E-state index in [0.717, 1.165) is 11.3 Å². The van der Waals surface area contributed by atoms with Crippen LogP contribution < -0.4 is 15.3 Å². The summed E-state index contributed by atoms with van der Waals surface area (Å²) < 4.78 is 5.53. The van der Waals surface area contributed by atoms with Crippen molar-refractivity contribution in [2.24, 2.45) is 0 Å². The Morgan fingerprint density at radius 2 is 1.26 bits per heavy atom. The Balaban J connectivity index is 0.00000192. The van der Waals surface area contributed by atoms with E-state index in [4.69, 9.17) is 4.74 Å². The van der Waals surface area contributed by atoms with Gasteiger partial charge in [-0.3, -0.25) is 0 Å². The summed E-state index contributed by atoms with van der Waals surface area (Å²) in [5.74, 6) is 0.921. The number of benzene rings is 3. The predicted molar refractivity (Wildman–Crippen MR) is 107 cm³/mol. The van der Waals surface area contributed by atoms with E-state index in [2.05, 4.69) is 67.6 Å². The van der Waals surface area contributed by atoms with Gasteiger partial charge in [0.15, 0.2) is 0 Å². The first-order valence-electron chi connectivity index (χ1n) is 7.34. The number of para-hydroxylation sites is 1. The molecule has 3 aromatic carbocycles. The molecular formula is C20H22BOP. The van der Waals surface area contributed by atoms with Crippen molar-refractivity contribution in [3.63, 3.8) is 0 Å². The van der Waals surface area contributed by atoms with Gasteiger partial charge in [-0.05, 0) is 34.7 Å². The summed E-state index contributed by atoms with van der Waals surface area (Å²) in [5, 5.41) is 2.74. The first kappa shape index (κ1) is 17.3. The maximum atomic E-state index is 5.53. The van der Waals surface area contributed by atoms with Crippen molar-refractivity contribution in [1.29, 1.82) is 0 Å². The molecule has 0 fully saturated rings. The second-order valence-electron chi connectivity index (χ2n) is 5.19. The molecule has 0 heterocycles. The van der Waals surface area contributed by atoms with Crippen LogP contribution in [0.15, 0.2) is 72.8 Å². The van der Waals surface area contributed by atoms with Crippen molar-refractivity contribution < 1.29 is 4.74 Å². The van der Waals surface area contributed by atoms with Crippen LogP contribution in [0, 0.1) is 6.92 Å². The third-order valence-electron chi connectivity index (χ3n) is 3.74. The average Bonchev–Trinajstić information content (AvgIpc) is 2.57. The molecule has 0 saturated heterocycles. The lowest BCUT2D eigenvalue weighted by Crippen LogP contribution is -2.09. The predicted octanol–water partition coefficient (Wildman–Crippen LogP) is 3.12. The fourth-order valence-corrected chi connectivity index (χ4v) is 3.83. The minimum Gasteiger partial charge on any atom is -0.496 e. The summed E-state index contributed by atoms with van der Waals surface area (Å²) in [6.45, 7) is 2.17. The molecule has 0 aromatic heterocycles. The minimum atomic E-state index is 0. The summed E-state index contributed by atoms with van der Waals surface area (Å²) in [6.07, 6.45) is 0. The highest BCUT2D eigenvalue weighted by Crippen LogP contribution is 2.31. The SMILES string of the molecule is B.COc1ccccc1-c1ccccc1Pc1ccccc1C. The van der Waals surface area contributed by atoms with Gasteiger partial charge in [0.05, 0.1) is 15.5 Å². The summed E-state index contributed by atoms with van der Waals surface area (Å²) in [5.41, 5.74) is 3.75. The van der Waals surface area contributed by atoms with Crippen LogP contribution in [0.4, 0.5) is 0 Å². The lowest BCUT2D eigenvalue weighted by atomic mass is 10.0. The van der Waals surface area contributed by atoms with Crippen LogP contribution in [0.2, 0.25) is 0 Å². The molecule has 1 unspecified atom stereocenters. The molecule has 0 aliphatic carbocycles. The van der Waals surface area contributed by atoms with E-state index in [1.54, 1.807) is 7.11 Å². The highest BCUT2D eigenvalue weighted by Gasteiger charge is 2.10. The molecule has 0 aliphatic rings. The van der Waals surface area contributed by atoms with Crippen LogP contribution in [-0.4, -0.2) is 15.5 Å². The van der Waals surface area contributed by atoms with Gasteiger partial charge in [0.2, 0.25) is 0 Å². The van der Waals surface area contributed by atoms with E-state index >= 15 is 0 Å². The third kappa shape index (κ3) is 3.84. The Morgan fingerprint density at radius 1 is 0.696 bits per heavy atom. The maximum Gasteiger partial charge on any atom is 0.126 e. The van der Waals surface area contributed by atoms with Crippen LogP contribution in [0.5, 0.6) is 5.75 Å². The molecule has 0 saturated carbocycles. The fourth-order valence-electron chi connectivity index (χ4n) is 2.55. The van der Waals surface area contributed by atoms with Gasteiger partial charge in [-0.1, -0.05) is 75.3 Å². The Morgan fingerprint density at radius 3 is 1.96 bits per heavy atom. The molecular weight excluding hydrogens is 298 g/mol. The molecule has 0 bridgehead atoms. The summed E-state index contributed by atoms with van der Waals surface area (Å²) >= 11 is 0. The molecule has 23 heavy (non-hydrogen) atoms. The Hall–Kier alpha value is -2.05. The van der Waals surface area contributed by atoms with Gasteiger partial charge in [-0.2, -0.15) is 0 Å². The van der Waals surface area contributed by atoms with E-state index in [1.807, 2.05) is 12.1 Å². The van der Waals surface area contributed by atoms with E-state index in [9.17, 15) is 0 Å². The van der Waals surface area contributed by atoms with E-state index < -0.39 is 0 Å². The van der Waals surface area contributed by atoms with Gasteiger partial charge < -0.3 is 4.74 Å². The molecule has 1 atom stereocenters. The molecule has 116 valence electrons. The number of hydrogen-bond donors (Lipinski definition) is 0. The van der Waals surface area contributed by atoms with E-state index in [0.29, 0.717) is 8.58 Å². The molecule has 3 rings (SSSR count). The van der Waals surface area contributed by atoms with Crippen molar-refractivity contribution in [1.82, 2.24) is 0 Å². The van der Waals surface area contributed by atoms with Crippen molar-refractivity contribution in [2.75, 3.05) is 7.11 Å². The number of rotatable bonds is 4. The monoisotopic (exact) mass is 320 g/mol. The van der Waals surface area contributed by atoms with Crippen molar-refractivity contribution in [3.8, 4) is 16.9 Å². The van der Waals surface area contributed by atoms with Crippen LogP contribution in [0.25, 0.3) is 11.1 Å². The maximum absolute atomic E-state index is 5.53. The van der Waals surface area contributed by atoms with Gasteiger partial charge >= 0.3 is 0 Å². The summed E-state index contributed by atoms with van der Waals surface area (Å²) in [6, 6.07) is 25.4. The summed E-state index contributed by atoms with van der Waals surface area (Å²) in [7, 11) is 2.37. The largest absolute Gasteiger partial charge is 0.496 e. The fraction of sp³-hybridized carbons (Fsp3) is 0.100. The third-order valence-corrected chi connectivity index (χ3v) is 5.27. The molecule has 0 spiro atoms. The molecule has 0 aliphatic heterocycles. The molecule has 1 nitrogen and oxygen atoms in total. The van der Waals surface area contributed by atoms with Crippen molar-refractivity contribution >= 4 is 27.6 Å². The zero-order chi connectivity index (χ0) is 15.4. The minimum absolute atomic E-state index is 0. The Bertz CT molecular complexity index is 786. The molecule has 3 heteroatoms. The van der Waals surface area contributed by atoms with E-state index in [-0.39, 0.29) is 8.41 Å². The molecule has 3 aromatic rings. The first-order chi connectivity index (χ1) is 10.8. The normalized spacial score (nSPS) is 10.5. The number of ether oxygens (including phenoxy) is 1. The van der Waals surface area contributed by atoms with E-state index in [1.165, 1.54) is 21.7 Å². The number of aryl methyl sites for hydroxylation is 1. The highest BCUT2D eigenvalue weighted by molar-refractivity contribution is 7.56. The zero-order valence-electron chi connectivity index (χ0n) is 12.8. The topological polar surface area (TPSA) is 9.23 Å². The lowest BCUT2D eigenvalue weighted by molar-refractivity contribution is 0.416. The summed E-state index contributed by atoms with van der Waals surface area (Å²) in [4.78, 5) is 0. The number of methoxy groups -OCH3 is 1. The number of hydrogen-bond acceptors (Lipinski definition) is 1.